The summed E-state index contributed by atoms with van der Waals surface area (Å²) in [6.45, 7) is 3.96. The normalized spacial score (nSPS) is 12.5. The van der Waals surface area contributed by atoms with Crippen LogP contribution in [0.25, 0.3) is 16.6 Å². The van der Waals surface area contributed by atoms with Crippen molar-refractivity contribution in [1.82, 2.24) is 14.6 Å². The number of benzene rings is 1. The Bertz CT molecular complexity index is 1140. The first-order valence-corrected chi connectivity index (χ1v) is 9.96. The van der Waals surface area contributed by atoms with E-state index in [0.717, 1.165) is 28.9 Å². The number of halogens is 1. The van der Waals surface area contributed by atoms with Crippen molar-refractivity contribution in [2.75, 3.05) is 5.32 Å². The highest BCUT2D eigenvalue weighted by Crippen LogP contribution is 2.32. The number of hydrogen-bond donors (Lipinski definition) is 1. The number of rotatable bonds is 6. The molecule has 0 saturated heterocycles. The first-order chi connectivity index (χ1) is 13.6. The summed E-state index contributed by atoms with van der Waals surface area (Å²) in [4.78, 5) is 12.7. The third kappa shape index (κ3) is 3.35. The van der Waals surface area contributed by atoms with Gasteiger partial charge in [-0.2, -0.15) is 0 Å². The Kier molecular flexibility index (Phi) is 5.04. The van der Waals surface area contributed by atoms with E-state index in [1.54, 1.807) is 18.4 Å². The second-order valence-corrected chi connectivity index (χ2v) is 7.51. The van der Waals surface area contributed by atoms with E-state index in [4.69, 9.17) is 4.42 Å². The highest BCUT2D eigenvalue weighted by Gasteiger charge is 2.22. The van der Waals surface area contributed by atoms with Crippen LogP contribution in [0, 0.1) is 5.82 Å². The minimum atomic E-state index is -0.364. The zero-order valence-electron chi connectivity index (χ0n) is 15.5. The number of anilines is 1. The van der Waals surface area contributed by atoms with Crippen molar-refractivity contribution in [3.05, 3.63) is 54.3 Å². The topological polar surface area (TPSA) is 72.4 Å². The fraction of sp³-hybridized carbons (Fsp3) is 0.250. The van der Waals surface area contributed by atoms with Crippen LogP contribution < -0.4 is 5.32 Å². The van der Waals surface area contributed by atoms with Gasteiger partial charge in [-0.15, -0.1) is 10.2 Å². The maximum atomic E-state index is 13.1. The molecule has 28 heavy (non-hydrogen) atoms. The molecule has 0 fully saturated rings. The number of aromatic nitrogens is 3. The molecule has 0 spiro atoms. The quantitative estimate of drug-likeness (QED) is 0.477. The lowest BCUT2D eigenvalue weighted by Crippen LogP contribution is -2.24. The van der Waals surface area contributed by atoms with Crippen molar-refractivity contribution in [3.63, 3.8) is 0 Å². The van der Waals surface area contributed by atoms with Crippen molar-refractivity contribution in [1.29, 1.82) is 0 Å². The van der Waals surface area contributed by atoms with Gasteiger partial charge in [-0.25, -0.2) is 4.39 Å². The van der Waals surface area contributed by atoms with Gasteiger partial charge in [0.25, 0.3) is 0 Å². The van der Waals surface area contributed by atoms with Gasteiger partial charge in [0, 0.05) is 24.2 Å². The molecule has 4 rings (SSSR count). The first-order valence-electron chi connectivity index (χ1n) is 9.08. The monoisotopic (exact) mass is 398 g/mol. The Labute approximate surface area is 165 Å². The summed E-state index contributed by atoms with van der Waals surface area (Å²) in [5, 5.41) is 11.8. The smallest absolute Gasteiger partial charge is 0.237 e. The molecule has 4 aromatic rings. The molecule has 1 N–H and O–H groups in total. The van der Waals surface area contributed by atoms with Crippen molar-refractivity contribution < 1.29 is 13.6 Å². The second kappa shape index (κ2) is 7.63. The molecule has 1 amide bonds. The molecule has 144 valence electrons. The number of amides is 1. The summed E-state index contributed by atoms with van der Waals surface area (Å²) in [5.74, 6) is 0.332. The molecule has 0 saturated carbocycles. The SMILES string of the molecule is CCc1nnc(S[C@H](CC)C(=O)Nc2ccc(F)cc2)c2cc3occc3n12. The van der Waals surface area contributed by atoms with Gasteiger partial charge in [0.1, 0.15) is 16.7 Å². The molecule has 3 heterocycles. The summed E-state index contributed by atoms with van der Waals surface area (Å²) in [5.41, 5.74) is 3.13. The van der Waals surface area contributed by atoms with E-state index >= 15 is 0 Å². The lowest BCUT2D eigenvalue weighted by Gasteiger charge is -2.15. The number of nitrogens with one attached hydrogen (secondary N) is 1. The molecule has 0 unspecified atom stereocenters. The molecule has 3 aromatic heterocycles. The average molecular weight is 398 g/mol. The van der Waals surface area contributed by atoms with Crippen LogP contribution >= 0.6 is 11.8 Å². The van der Waals surface area contributed by atoms with Crippen LogP contribution in [-0.4, -0.2) is 25.8 Å². The van der Waals surface area contributed by atoms with Gasteiger partial charge >= 0.3 is 0 Å². The Hall–Kier alpha value is -2.87. The van der Waals surface area contributed by atoms with Gasteiger partial charge < -0.3 is 9.73 Å². The minimum Gasteiger partial charge on any atom is -0.463 e. The Morgan fingerprint density at radius 2 is 2.00 bits per heavy atom. The molecule has 8 heteroatoms. The molecule has 1 aromatic carbocycles. The van der Waals surface area contributed by atoms with E-state index in [9.17, 15) is 9.18 Å². The van der Waals surface area contributed by atoms with Crippen LogP contribution in [0.4, 0.5) is 10.1 Å². The second-order valence-electron chi connectivity index (χ2n) is 6.32. The number of carbonyl (C=O) groups excluding carboxylic acids is 1. The lowest BCUT2D eigenvalue weighted by atomic mass is 10.2. The summed E-state index contributed by atoms with van der Waals surface area (Å²) < 4.78 is 20.6. The van der Waals surface area contributed by atoms with Gasteiger partial charge in [0.05, 0.1) is 22.5 Å². The number of thioether (sulfide) groups is 1. The standard InChI is InChI=1S/C20H19FN4O2S/c1-3-17(19(26)22-13-7-5-12(21)6-8-13)28-20-15-11-16-14(9-10-27-16)25(15)18(4-2)23-24-20/h5-11,17H,3-4H2,1-2H3,(H,22,26)/t17-/m1/s1. The highest BCUT2D eigenvalue weighted by atomic mass is 32.2. The predicted molar refractivity (Wildman–Crippen MR) is 107 cm³/mol. The Morgan fingerprint density at radius 3 is 2.71 bits per heavy atom. The fourth-order valence-electron chi connectivity index (χ4n) is 3.09. The molecule has 0 aliphatic carbocycles. The zero-order chi connectivity index (χ0) is 19.7. The predicted octanol–water partition coefficient (Wildman–Crippen LogP) is 4.69. The maximum Gasteiger partial charge on any atom is 0.237 e. The van der Waals surface area contributed by atoms with E-state index in [1.165, 1.54) is 23.9 Å². The van der Waals surface area contributed by atoms with Gasteiger partial charge in [-0.1, -0.05) is 25.6 Å². The van der Waals surface area contributed by atoms with Crippen LogP contribution in [0.15, 0.2) is 52.1 Å². The van der Waals surface area contributed by atoms with Crippen LogP contribution in [0.3, 0.4) is 0 Å². The van der Waals surface area contributed by atoms with Gasteiger partial charge in [-0.3, -0.25) is 9.20 Å². The number of hydrogen-bond acceptors (Lipinski definition) is 5. The number of fused-ring (bicyclic) bond motifs is 3. The average Bonchev–Trinajstić information content (AvgIpc) is 3.29. The molecule has 1 atom stereocenters. The molecule has 0 aliphatic rings. The lowest BCUT2D eigenvalue weighted by molar-refractivity contribution is -0.115. The minimum absolute atomic E-state index is 0.158. The third-order valence-electron chi connectivity index (χ3n) is 4.50. The molecule has 6 nitrogen and oxygen atoms in total. The van der Waals surface area contributed by atoms with E-state index in [2.05, 4.69) is 15.5 Å². The maximum absolute atomic E-state index is 13.1. The Balaban J connectivity index is 1.63. The molecule has 0 radical (unpaired) electrons. The molecular formula is C20H19FN4O2S. The van der Waals surface area contributed by atoms with Gasteiger partial charge in [-0.05, 0) is 30.7 Å². The van der Waals surface area contributed by atoms with Gasteiger partial charge in [0.2, 0.25) is 5.91 Å². The van der Waals surface area contributed by atoms with Crippen LogP contribution in [0.1, 0.15) is 26.1 Å². The van der Waals surface area contributed by atoms with Crippen molar-refractivity contribution >= 4 is 40.0 Å². The zero-order valence-corrected chi connectivity index (χ0v) is 16.3. The number of nitrogens with zero attached hydrogens (tertiary/aromatic N) is 3. The van der Waals surface area contributed by atoms with E-state index in [-0.39, 0.29) is 17.0 Å². The summed E-state index contributed by atoms with van der Waals surface area (Å²) >= 11 is 1.36. The first kappa shape index (κ1) is 18.5. The Morgan fingerprint density at radius 1 is 1.21 bits per heavy atom. The van der Waals surface area contributed by atoms with E-state index in [0.29, 0.717) is 17.1 Å². The van der Waals surface area contributed by atoms with E-state index in [1.807, 2.05) is 30.4 Å². The molecular weight excluding hydrogens is 379 g/mol. The van der Waals surface area contributed by atoms with Crippen LogP contribution in [-0.2, 0) is 11.2 Å². The van der Waals surface area contributed by atoms with Crippen LogP contribution in [0.2, 0.25) is 0 Å². The number of aryl methyl sites for hydroxylation is 1. The van der Waals surface area contributed by atoms with Crippen molar-refractivity contribution in [3.8, 4) is 0 Å². The summed E-state index contributed by atoms with van der Waals surface area (Å²) in [7, 11) is 0. The van der Waals surface area contributed by atoms with Crippen molar-refractivity contribution in [2.45, 2.75) is 37.0 Å². The van der Waals surface area contributed by atoms with Gasteiger partial charge in [0.15, 0.2) is 5.58 Å². The third-order valence-corrected chi connectivity index (χ3v) is 5.85. The molecule has 0 bridgehead atoms. The highest BCUT2D eigenvalue weighted by molar-refractivity contribution is 8.00. The molecule has 0 aliphatic heterocycles. The summed E-state index contributed by atoms with van der Waals surface area (Å²) in [6, 6.07) is 9.54. The largest absolute Gasteiger partial charge is 0.463 e. The van der Waals surface area contributed by atoms with E-state index < -0.39 is 0 Å². The number of furan rings is 1. The fourth-order valence-corrected chi connectivity index (χ4v) is 4.05. The van der Waals surface area contributed by atoms with Crippen LogP contribution in [0.5, 0.6) is 0 Å². The number of carbonyl (C=O) groups is 1. The summed E-state index contributed by atoms with van der Waals surface area (Å²) in [6.07, 6.45) is 2.98. The van der Waals surface area contributed by atoms with Crippen molar-refractivity contribution in [2.24, 2.45) is 0 Å².